The van der Waals surface area contributed by atoms with Crippen LogP contribution >= 0.6 is 0 Å². The highest BCUT2D eigenvalue weighted by atomic mass is 16.6. The molecule has 0 unspecified atom stereocenters. The van der Waals surface area contributed by atoms with Crippen LogP contribution in [0.2, 0.25) is 0 Å². The van der Waals surface area contributed by atoms with Crippen LogP contribution in [0.15, 0.2) is 4.63 Å². The molecule has 0 aliphatic rings. The fourth-order valence-electron chi connectivity index (χ4n) is 0.769. The molecule has 0 aromatic carbocycles. The lowest BCUT2D eigenvalue weighted by molar-refractivity contribution is -0.390. The second-order valence-electron chi connectivity index (χ2n) is 2.09. The maximum atomic E-state index is 10.4. The Kier molecular flexibility index (Phi) is 1.56. The van der Waals surface area contributed by atoms with E-state index in [4.69, 9.17) is 5.21 Å². The molecular weight excluding hydrogens is 198 g/mol. The quantitative estimate of drug-likeness (QED) is 0.360. The summed E-state index contributed by atoms with van der Waals surface area (Å²) < 4.78 is 4.12. The molecule has 11 heteroatoms. The van der Waals surface area contributed by atoms with Crippen LogP contribution in [0.1, 0.15) is 0 Å². The first kappa shape index (κ1) is 8.03. The van der Waals surface area contributed by atoms with Crippen molar-refractivity contribution < 1.29 is 14.8 Å². The zero-order valence-corrected chi connectivity index (χ0v) is 6.30. The Hall–Kier alpha value is -2.59. The number of tetrazole rings is 1. The van der Waals surface area contributed by atoms with Gasteiger partial charge in [-0.1, -0.05) is 4.85 Å². The van der Waals surface area contributed by atoms with Gasteiger partial charge in [-0.05, 0) is 20.5 Å². The summed E-state index contributed by atoms with van der Waals surface area (Å²) in [6.45, 7) is 0. The SMILES string of the molecule is O=[N+]([O-])c1nonc1-c1nnnn1O. The molecule has 0 amide bonds. The van der Waals surface area contributed by atoms with Crippen molar-refractivity contribution in [3.63, 3.8) is 0 Å². The lowest BCUT2D eigenvalue weighted by Crippen LogP contribution is -1.99. The first-order valence-electron chi connectivity index (χ1n) is 3.15. The van der Waals surface area contributed by atoms with Crippen molar-refractivity contribution in [1.82, 2.24) is 30.7 Å². The summed E-state index contributed by atoms with van der Waals surface area (Å²) in [5.41, 5.74) is -0.345. The van der Waals surface area contributed by atoms with Crippen LogP contribution < -0.4 is 0 Å². The molecule has 0 spiro atoms. The third-order valence-electron chi connectivity index (χ3n) is 1.31. The largest absolute Gasteiger partial charge is 0.446 e. The van der Waals surface area contributed by atoms with Gasteiger partial charge in [0.2, 0.25) is 0 Å². The van der Waals surface area contributed by atoms with E-state index in [0.29, 0.717) is 0 Å². The molecule has 0 bridgehead atoms. The molecular formula is C3HN7O4. The molecule has 2 rings (SSSR count). The topological polar surface area (TPSA) is 146 Å². The average molecular weight is 199 g/mol. The Morgan fingerprint density at radius 2 is 2.29 bits per heavy atom. The van der Waals surface area contributed by atoms with E-state index >= 15 is 0 Å². The van der Waals surface area contributed by atoms with Crippen molar-refractivity contribution in [1.29, 1.82) is 0 Å². The van der Waals surface area contributed by atoms with Gasteiger partial charge < -0.3 is 15.3 Å². The molecule has 0 atom stereocenters. The molecule has 0 radical (unpaired) electrons. The molecule has 2 heterocycles. The molecule has 0 aliphatic heterocycles. The second kappa shape index (κ2) is 2.72. The fourth-order valence-corrected chi connectivity index (χ4v) is 0.769. The summed E-state index contributed by atoms with van der Waals surface area (Å²) in [6.07, 6.45) is 0. The lowest BCUT2D eigenvalue weighted by Gasteiger charge is -1.89. The van der Waals surface area contributed by atoms with Crippen LogP contribution in [-0.4, -0.2) is 40.8 Å². The summed E-state index contributed by atoms with van der Waals surface area (Å²) in [6, 6.07) is 0. The Labute approximate surface area is 74.0 Å². The van der Waals surface area contributed by atoms with E-state index in [-0.39, 0.29) is 16.4 Å². The molecule has 72 valence electrons. The Morgan fingerprint density at radius 3 is 2.86 bits per heavy atom. The number of rotatable bonds is 2. The standard InChI is InChI=1S/C3HN7O4/c11-9-2(4-7-8-9)1-3(10(12)13)6-14-5-1/h11H. The summed E-state index contributed by atoms with van der Waals surface area (Å²) in [4.78, 5) is 9.77. The normalized spacial score (nSPS) is 10.3. The van der Waals surface area contributed by atoms with Crippen molar-refractivity contribution in [3.8, 4) is 11.5 Å². The summed E-state index contributed by atoms with van der Waals surface area (Å²) in [5.74, 6) is -0.993. The predicted octanol–water partition coefficient (Wildman–Crippen LogP) is -1.13. The van der Waals surface area contributed by atoms with E-state index in [0.717, 1.165) is 0 Å². The minimum atomic E-state index is -0.833. The maximum Gasteiger partial charge on any atom is 0.446 e. The molecule has 0 fully saturated rings. The maximum absolute atomic E-state index is 10.4. The lowest BCUT2D eigenvalue weighted by atomic mass is 10.4. The minimum Gasteiger partial charge on any atom is -0.409 e. The van der Waals surface area contributed by atoms with Gasteiger partial charge >= 0.3 is 5.82 Å². The van der Waals surface area contributed by atoms with Gasteiger partial charge in [-0.3, -0.25) is 0 Å². The van der Waals surface area contributed by atoms with Gasteiger partial charge in [-0.15, -0.1) is 9.73 Å². The van der Waals surface area contributed by atoms with Crippen molar-refractivity contribution >= 4 is 5.82 Å². The molecule has 11 nitrogen and oxygen atoms in total. The molecule has 1 N–H and O–H groups in total. The third kappa shape index (κ3) is 1.03. The first-order chi connectivity index (χ1) is 6.70. The summed E-state index contributed by atoms with van der Waals surface area (Å²) >= 11 is 0. The van der Waals surface area contributed by atoms with Crippen LogP contribution in [0.4, 0.5) is 5.82 Å². The van der Waals surface area contributed by atoms with Crippen molar-refractivity contribution in [2.75, 3.05) is 0 Å². The van der Waals surface area contributed by atoms with E-state index < -0.39 is 10.7 Å². The average Bonchev–Trinajstić information content (AvgIpc) is 2.70. The molecule has 0 saturated heterocycles. The molecule has 2 aromatic rings. The third-order valence-corrected chi connectivity index (χ3v) is 1.31. The Bertz CT molecular complexity index is 473. The number of nitro groups is 1. The minimum absolute atomic E-state index is 0.229. The van der Waals surface area contributed by atoms with Gasteiger partial charge in [0.15, 0.2) is 5.16 Å². The highest BCUT2D eigenvalue weighted by molar-refractivity contribution is 5.57. The second-order valence-corrected chi connectivity index (χ2v) is 2.09. The van der Waals surface area contributed by atoms with E-state index in [1.807, 2.05) is 0 Å². The van der Waals surface area contributed by atoms with E-state index in [2.05, 4.69) is 30.5 Å². The predicted molar refractivity (Wildman–Crippen MR) is 34.9 cm³/mol. The Morgan fingerprint density at radius 1 is 1.50 bits per heavy atom. The molecule has 0 aliphatic carbocycles. The monoisotopic (exact) mass is 199 g/mol. The van der Waals surface area contributed by atoms with Crippen LogP contribution in [0, 0.1) is 10.1 Å². The highest BCUT2D eigenvalue weighted by Crippen LogP contribution is 2.22. The smallest absolute Gasteiger partial charge is 0.409 e. The number of nitrogens with zero attached hydrogens (tertiary/aromatic N) is 7. The van der Waals surface area contributed by atoms with Crippen molar-refractivity contribution in [2.45, 2.75) is 0 Å². The zero-order valence-electron chi connectivity index (χ0n) is 6.30. The van der Waals surface area contributed by atoms with Crippen LogP contribution in [0.3, 0.4) is 0 Å². The van der Waals surface area contributed by atoms with Gasteiger partial charge in [0.25, 0.3) is 11.5 Å². The first-order valence-corrected chi connectivity index (χ1v) is 3.15. The van der Waals surface area contributed by atoms with E-state index in [1.165, 1.54) is 0 Å². The van der Waals surface area contributed by atoms with Crippen LogP contribution in [-0.2, 0) is 0 Å². The Balaban J connectivity index is 2.57. The highest BCUT2D eigenvalue weighted by Gasteiger charge is 2.28. The fraction of sp³-hybridized carbons (Fsp3) is 0. The number of aromatic nitrogens is 6. The van der Waals surface area contributed by atoms with Crippen molar-refractivity contribution in [3.05, 3.63) is 10.1 Å². The summed E-state index contributed by atoms with van der Waals surface area (Å²) in [5, 5.41) is 34.9. The summed E-state index contributed by atoms with van der Waals surface area (Å²) in [7, 11) is 0. The van der Waals surface area contributed by atoms with Gasteiger partial charge in [-0.2, -0.15) is 0 Å². The van der Waals surface area contributed by atoms with Gasteiger partial charge in [0, 0.05) is 0 Å². The van der Waals surface area contributed by atoms with Gasteiger partial charge in [-0.25, -0.2) is 0 Å². The molecule has 2 aromatic heterocycles. The van der Waals surface area contributed by atoms with Crippen LogP contribution in [0.25, 0.3) is 11.5 Å². The van der Waals surface area contributed by atoms with E-state index in [1.54, 1.807) is 0 Å². The van der Waals surface area contributed by atoms with E-state index in [9.17, 15) is 10.1 Å². The van der Waals surface area contributed by atoms with Gasteiger partial charge in [0.1, 0.15) is 0 Å². The number of hydrogen-bond donors (Lipinski definition) is 1. The van der Waals surface area contributed by atoms with Gasteiger partial charge in [0.05, 0.1) is 0 Å². The number of hydrogen-bond acceptors (Lipinski definition) is 9. The van der Waals surface area contributed by atoms with Crippen molar-refractivity contribution in [2.24, 2.45) is 0 Å². The van der Waals surface area contributed by atoms with Crippen LogP contribution in [0.5, 0.6) is 0 Å². The molecule has 0 saturated carbocycles. The molecule has 14 heavy (non-hydrogen) atoms. The zero-order chi connectivity index (χ0) is 10.1.